The summed E-state index contributed by atoms with van der Waals surface area (Å²) in [6, 6.07) is 25.0. The average molecular weight is 484 g/mol. The van der Waals surface area contributed by atoms with Gasteiger partial charge in [0.15, 0.2) is 5.78 Å². The lowest BCUT2D eigenvalue weighted by molar-refractivity contribution is 0.104. The Morgan fingerprint density at radius 3 is 2.56 bits per heavy atom. The fraction of sp³-hybridized carbons (Fsp3) is 0.0370. The fourth-order valence-corrected chi connectivity index (χ4v) is 4.08. The number of ketones is 1. The number of carbonyl (C=O) groups excluding carboxylic acids is 1. The minimum atomic E-state index is -0.629. The zero-order valence-electron chi connectivity index (χ0n) is 17.0. The van der Waals surface area contributed by atoms with E-state index >= 15 is 0 Å². The van der Waals surface area contributed by atoms with Crippen molar-refractivity contribution in [3.63, 3.8) is 0 Å². The van der Waals surface area contributed by atoms with Gasteiger partial charge in [-0.3, -0.25) is 4.79 Å². The van der Waals surface area contributed by atoms with E-state index in [4.69, 9.17) is 4.42 Å². The van der Waals surface area contributed by atoms with E-state index in [1.54, 1.807) is 24.3 Å². The van der Waals surface area contributed by atoms with Crippen molar-refractivity contribution in [1.29, 1.82) is 0 Å². The zero-order chi connectivity index (χ0) is 22.1. The molecule has 2 heterocycles. The number of para-hydroxylation sites is 2. The van der Waals surface area contributed by atoms with E-state index in [2.05, 4.69) is 38.7 Å². The normalized spacial score (nSPS) is 11.5. The van der Waals surface area contributed by atoms with E-state index < -0.39 is 5.63 Å². The molecule has 3 aromatic carbocycles. The second-order valence-corrected chi connectivity index (χ2v) is 8.45. The number of rotatable bonds is 5. The summed E-state index contributed by atoms with van der Waals surface area (Å²) in [6.07, 6.45) is 5.23. The molecule has 0 aliphatic carbocycles. The number of aromatic nitrogens is 1. The van der Waals surface area contributed by atoms with Gasteiger partial charge in [0, 0.05) is 39.1 Å². The number of carbonyl (C=O) groups is 1. The Labute approximate surface area is 192 Å². The molecule has 0 atom stereocenters. The molecule has 4 nitrogen and oxygen atoms in total. The number of fused-ring (bicyclic) bond motifs is 2. The van der Waals surface area contributed by atoms with Crippen molar-refractivity contribution in [1.82, 2.24) is 4.57 Å². The van der Waals surface area contributed by atoms with Gasteiger partial charge in [-0.1, -0.05) is 64.5 Å². The average Bonchev–Trinajstić information content (AvgIpc) is 3.16. The van der Waals surface area contributed by atoms with E-state index in [1.165, 1.54) is 11.6 Å². The molecule has 32 heavy (non-hydrogen) atoms. The van der Waals surface area contributed by atoms with Gasteiger partial charge in [-0.25, -0.2) is 4.79 Å². The van der Waals surface area contributed by atoms with Gasteiger partial charge in [0.05, 0.1) is 0 Å². The highest BCUT2D eigenvalue weighted by Crippen LogP contribution is 2.24. The van der Waals surface area contributed by atoms with Crippen LogP contribution in [0.3, 0.4) is 0 Å². The summed E-state index contributed by atoms with van der Waals surface area (Å²) >= 11 is 3.47. The molecule has 156 valence electrons. The van der Waals surface area contributed by atoms with Crippen LogP contribution < -0.4 is 5.63 Å². The van der Waals surface area contributed by atoms with Crippen molar-refractivity contribution in [2.75, 3.05) is 0 Å². The Bertz CT molecular complexity index is 1540. The van der Waals surface area contributed by atoms with Crippen LogP contribution in [0.2, 0.25) is 0 Å². The predicted molar refractivity (Wildman–Crippen MR) is 131 cm³/mol. The van der Waals surface area contributed by atoms with Crippen molar-refractivity contribution in [2.24, 2.45) is 0 Å². The fourth-order valence-electron chi connectivity index (χ4n) is 3.81. The molecule has 0 radical (unpaired) electrons. The molecular weight excluding hydrogens is 466 g/mol. The number of hydrogen-bond acceptors (Lipinski definition) is 3. The first-order valence-electron chi connectivity index (χ1n) is 10.2. The largest absolute Gasteiger partial charge is 0.422 e. The Morgan fingerprint density at radius 1 is 0.969 bits per heavy atom. The van der Waals surface area contributed by atoms with Gasteiger partial charge in [0.25, 0.3) is 0 Å². The lowest BCUT2D eigenvalue weighted by Crippen LogP contribution is -2.11. The molecule has 5 heteroatoms. The van der Waals surface area contributed by atoms with Gasteiger partial charge in [0.1, 0.15) is 11.1 Å². The quantitative estimate of drug-likeness (QED) is 0.164. The van der Waals surface area contributed by atoms with Crippen molar-refractivity contribution >= 4 is 49.7 Å². The van der Waals surface area contributed by atoms with Crippen molar-refractivity contribution < 1.29 is 9.21 Å². The van der Waals surface area contributed by atoms with Gasteiger partial charge >= 0.3 is 5.63 Å². The van der Waals surface area contributed by atoms with Crippen LogP contribution in [0.15, 0.2) is 105 Å². The molecule has 2 aromatic heterocycles. The minimum absolute atomic E-state index is 0.0264. The molecule has 0 fully saturated rings. The molecule has 0 amide bonds. The first kappa shape index (κ1) is 20.2. The highest BCUT2D eigenvalue weighted by molar-refractivity contribution is 9.10. The first-order valence-corrected chi connectivity index (χ1v) is 11.0. The summed E-state index contributed by atoms with van der Waals surface area (Å²) in [5, 5.41) is 1.76. The SMILES string of the molecule is O=C(/C=C/c1cn(Cc2ccc(Br)cc2)c2ccccc12)c1cc2ccccc2oc1=O. The van der Waals surface area contributed by atoms with Crippen LogP contribution in [0.1, 0.15) is 21.5 Å². The van der Waals surface area contributed by atoms with Crippen LogP contribution in [-0.2, 0) is 6.54 Å². The second-order valence-electron chi connectivity index (χ2n) is 7.54. The Morgan fingerprint density at radius 2 is 1.72 bits per heavy atom. The van der Waals surface area contributed by atoms with Gasteiger partial charge in [-0.2, -0.15) is 0 Å². The molecule has 0 saturated heterocycles. The van der Waals surface area contributed by atoms with Gasteiger partial charge in [-0.05, 0) is 48.0 Å². The van der Waals surface area contributed by atoms with Gasteiger partial charge in [-0.15, -0.1) is 0 Å². The molecule has 0 aliphatic rings. The van der Waals surface area contributed by atoms with E-state index in [9.17, 15) is 9.59 Å². The Hall–Kier alpha value is -3.70. The third kappa shape index (κ3) is 3.95. The molecule has 0 bridgehead atoms. The number of hydrogen-bond donors (Lipinski definition) is 0. The summed E-state index contributed by atoms with van der Waals surface area (Å²) in [5.41, 5.74) is 3.03. The van der Waals surface area contributed by atoms with Crippen molar-refractivity contribution in [2.45, 2.75) is 6.54 Å². The summed E-state index contributed by atoms with van der Waals surface area (Å²) in [5.74, 6) is -0.380. The molecule has 0 saturated carbocycles. The Kier molecular flexibility index (Phi) is 5.33. The number of allylic oxidation sites excluding steroid dienone is 1. The number of nitrogens with zero attached hydrogens (tertiary/aromatic N) is 1. The summed E-state index contributed by atoms with van der Waals surface area (Å²) in [4.78, 5) is 25.1. The smallest absolute Gasteiger partial charge is 0.347 e. The molecule has 0 aliphatic heterocycles. The van der Waals surface area contributed by atoms with E-state index in [-0.39, 0.29) is 11.3 Å². The van der Waals surface area contributed by atoms with Crippen LogP contribution in [-0.4, -0.2) is 10.4 Å². The topological polar surface area (TPSA) is 52.2 Å². The second kappa shape index (κ2) is 8.44. The van der Waals surface area contributed by atoms with E-state index in [1.807, 2.05) is 48.7 Å². The van der Waals surface area contributed by atoms with Crippen LogP contribution in [0.5, 0.6) is 0 Å². The van der Waals surface area contributed by atoms with Crippen LogP contribution in [0, 0.1) is 0 Å². The van der Waals surface area contributed by atoms with Crippen molar-refractivity contribution in [3.8, 4) is 0 Å². The maximum Gasteiger partial charge on any atom is 0.347 e. The summed E-state index contributed by atoms with van der Waals surface area (Å²) in [7, 11) is 0. The van der Waals surface area contributed by atoms with Crippen LogP contribution >= 0.6 is 15.9 Å². The minimum Gasteiger partial charge on any atom is -0.422 e. The zero-order valence-corrected chi connectivity index (χ0v) is 18.6. The summed E-state index contributed by atoms with van der Waals surface area (Å²) in [6.45, 7) is 0.712. The lowest BCUT2D eigenvalue weighted by Gasteiger charge is -2.05. The molecule has 5 aromatic rings. The van der Waals surface area contributed by atoms with Crippen LogP contribution in [0.25, 0.3) is 27.9 Å². The molecule has 5 rings (SSSR count). The summed E-state index contributed by atoms with van der Waals surface area (Å²) < 4.78 is 8.50. The Balaban J connectivity index is 1.49. The monoisotopic (exact) mass is 483 g/mol. The van der Waals surface area contributed by atoms with Crippen molar-refractivity contribution in [3.05, 3.63) is 123 Å². The van der Waals surface area contributed by atoms with Gasteiger partial charge < -0.3 is 8.98 Å². The third-order valence-electron chi connectivity index (χ3n) is 5.41. The van der Waals surface area contributed by atoms with Gasteiger partial charge in [0.2, 0.25) is 0 Å². The van der Waals surface area contributed by atoms with E-state index in [0.717, 1.165) is 26.3 Å². The lowest BCUT2D eigenvalue weighted by atomic mass is 10.1. The number of benzene rings is 3. The molecule has 0 spiro atoms. The highest BCUT2D eigenvalue weighted by Gasteiger charge is 2.12. The maximum atomic E-state index is 12.8. The molecule has 0 N–H and O–H groups in total. The predicted octanol–water partition coefficient (Wildman–Crippen LogP) is 6.45. The third-order valence-corrected chi connectivity index (χ3v) is 5.94. The standard InChI is InChI=1S/C27H18BrNO3/c28-21-12-9-18(10-13-21)16-29-17-20(22-6-2-3-7-24(22)29)11-14-25(30)23-15-19-5-1-4-8-26(19)32-27(23)31/h1-15,17H,16H2/b14-11+. The highest BCUT2D eigenvalue weighted by atomic mass is 79.9. The maximum absolute atomic E-state index is 12.8. The molecule has 0 unspecified atom stereocenters. The number of halogens is 1. The molecular formula is C27H18BrNO3. The van der Waals surface area contributed by atoms with E-state index in [0.29, 0.717) is 12.1 Å². The van der Waals surface area contributed by atoms with Crippen LogP contribution in [0.4, 0.5) is 0 Å². The first-order chi connectivity index (χ1) is 15.6.